The van der Waals surface area contributed by atoms with Gasteiger partial charge in [-0.3, -0.25) is 14.6 Å². The topological polar surface area (TPSA) is 78.1 Å². The van der Waals surface area contributed by atoms with E-state index in [9.17, 15) is 9.59 Å². The van der Waals surface area contributed by atoms with Gasteiger partial charge in [-0.25, -0.2) is 0 Å². The van der Waals surface area contributed by atoms with Crippen LogP contribution in [0.3, 0.4) is 0 Å². The Morgan fingerprint density at radius 3 is 2.80 bits per heavy atom. The number of aromatic nitrogens is 2. The highest BCUT2D eigenvalue weighted by Crippen LogP contribution is 2.23. The minimum absolute atomic E-state index is 0.269. The molecule has 1 aliphatic heterocycles. The van der Waals surface area contributed by atoms with Gasteiger partial charge in [-0.15, -0.1) is 0 Å². The molecule has 0 saturated carbocycles. The SMILES string of the molecule is O=C(C(=O)N1CCNCC1)c1c[nH]c2c(Cl)ccnc12. The van der Waals surface area contributed by atoms with Crippen molar-refractivity contribution in [2.75, 3.05) is 26.2 Å². The number of ketones is 1. The molecule has 2 N–H and O–H groups in total. The zero-order chi connectivity index (χ0) is 14.1. The molecular formula is C13H13ClN4O2. The number of carbonyl (C=O) groups excluding carboxylic acids is 2. The number of aromatic amines is 1. The van der Waals surface area contributed by atoms with Crippen LogP contribution >= 0.6 is 11.6 Å². The van der Waals surface area contributed by atoms with Crippen molar-refractivity contribution in [1.82, 2.24) is 20.2 Å². The van der Waals surface area contributed by atoms with Gasteiger partial charge in [-0.05, 0) is 6.07 Å². The van der Waals surface area contributed by atoms with Crippen LogP contribution in [0.15, 0.2) is 18.5 Å². The molecule has 7 heteroatoms. The molecule has 0 unspecified atom stereocenters. The molecule has 20 heavy (non-hydrogen) atoms. The van der Waals surface area contributed by atoms with Crippen molar-refractivity contribution in [3.63, 3.8) is 0 Å². The molecule has 1 aliphatic rings. The quantitative estimate of drug-likeness (QED) is 0.635. The van der Waals surface area contributed by atoms with E-state index in [0.29, 0.717) is 42.2 Å². The maximum Gasteiger partial charge on any atom is 0.295 e. The Kier molecular flexibility index (Phi) is 3.42. The van der Waals surface area contributed by atoms with Gasteiger partial charge in [-0.2, -0.15) is 0 Å². The molecule has 0 aromatic carbocycles. The van der Waals surface area contributed by atoms with Crippen molar-refractivity contribution in [2.24, 2.45) is 0 Å². The monoisotopic (exact) mass is 292 g/mol. The minimum Gasteiger partial charge on any atom is -0.358 e. The first kappa shape index (κ1) is 13.1. The number of pyridine rings is 1. The zero-order valence-electron chi connectivity index (χ0n) is 10.6. The first-order valence-electron chi connectivity index (χ1n) is 6.34. The van der Waals surface area contributed by atoms with Crippen LogP contribution in [0, 0.1) is 0 Å². The number of Topliss-reactive ketones (excluding diaryl/α,β-unsaturated/α-hetero) is 1. The van der Waals surface area contributed by atoms with Crippen molar-refractivity contribution in [3.05, 3.63) is 29.0 Å². The molecule has 2 aromatic rings. The van der Waals surface area contributed by atoms with Crippen molar-refractivity contribution < 1.29 is 9.59 Å². The van der Waals surface area contributed by atoms with E-state index < -0.39 is 11.7 Å². The molecule has 0 atom stereocenters. The summed E-state index contributed by atoms with van der Waals surface area (Å²) in [6.07, 6.45) is 3.01. The number of H-pyrrole nitrogens is 1. The Hall–Kier alpha value is -1.92. The van der Waals surface area contributed by atoms with E-state index in [1.807, 2.05) is 0 Å². The maximum atomic E-state index is 12.3. The van der Waals surface area contributed by atoms with E-state index in [-0.39, 0.29) is 5.56 Å². The van der Waals surface area contributed by atoms with Crippen LogP contribution in [0.4, 0.5) is 0 Å². The molecule has 1 amide bonds. The van der Waals surface area contributed by atoms with Crippen LogP contribution in [0.1, 0.15) is 10.4 Å². The molecular weight excluding hydrogens is 280 g/mol. The van der Waals surface area contributed by atoms with Crippen LogP contribution in [-0.2, 0) is 4.79 Å². The fourth-order valence-corrected chi connectivity index (χ4v) is 2.49. The fraction of sp³-hybridized carbons (Fsp3) is 0.308. The number of amides is 1. The van der Waals surface area contributed by atoms with E-state index >= 15 is 0 Å². The molecule has 1 saturated heterocycles. The molecule has 0 radical (unpaired) electrons. The lowest BCUT2D eigenvalue weighted by atomic mass is 10.1. The third-order valence-corrected chi connectivity index (χ3v) is 3.67. The second kappa shape index (κ2) is 5.22. The van der Waals surface area contributed by atoms with Gasteiger partial charge in [0.05, 0.1) is 16.1 Å². The van der Waals surface area contributed by atoms with Crippen molar-refractivity contribution in [3.8, 4) is 0 Å². The van der Waals surface area contributed by atoms with E-state index in [2.05, 4.69) is 15.3 Å². The lowest BCUT2D eigenvalue weighted by molar-refractivity contribution is -0.126. The summed E-state index contributed by atoms with van der Waals surface area (Å²) in [6, 6.07) is 1.63. The minimum atomic E-state index is -0.548. The number of piperazine rings is 1. The zero-order valence-corrected chi connectivity index (χ0v) is 11.4. The van der Waals surface area contributed by atoms with E-state index in [4.69, 9.17) is 11.6 Å². The lowest BCUT2D eigenvalue weighted by Crippen LogP contribution is -2.48. The summed E-state index contributed by atoms with van der Waals surface area (Å²) in [5.41, 5.74) is 1.28. The largest absolute Gasteiger partial charge is 0.358 e. The van der Waals surface area contributed by atoms with Crippen LogP contribution in [0.2, 0.25) is 5.02 Å². The second-order valence-corrected chi connectivity index (χ2v) is 5.00. The first-order chi connectivity index (χ1) is 9.68. The molecule has 3 rings (SSSR count). The van der Waals surface area contributed by atoms with Gasteiger partial charge in [0.2, 0.25) is 0 Å². The molecule has 1 fully saturated rings. The highest BCUT2D eigenvalue weighted by atomic mass is 35.5. The summed E-state index contributed by atoms with van der Waals surface area (Å²) in [6.45, 7) is 2.50. The third-order valence-electron chi connectivity index (χ3n) is 3.36. The number of halogens is 1. The van der Waals surface area contributed by atoms with Gasteiger partial charge in [0.25, 0.3) is 11.7 Å². The van der Waals surface area contributed by atoms with Crippen LogP contribution < -0.4 is 5.32 Å². The summed E-state index contributed by atoms with van der Waals surface area (Å²) >= 11 is 6.02. The van der Waals surface area contributed by atoms with E-state index in [1.165, 1.54) is 12.4 Å². The van der Waals surface area contributed by atoms with Crippen LogP contribution in [0.5, 0.6) is 0 Å². The molecule has 0 bridgehead atoms. The van der Waals surface area contributed by atoms with Crippen LogP contribution in [0.25, 0.3) is 11.0 Å². The second-order valence-electron chi connectivity index (χ2n) is 4.59. The summed E-state index contributed by atoms with van der Waals surface area (Å²) in [4.78, 5) is 33.1. The van der Waals surface area contributed by atoms with Crippen molar-refractivity contribution in [2.45, 2.75) is 0 Å². The predicted molar refractivity (Wildman–Crippen MR) is 74.9 cm³/mol. The molecule has 0 aliphatic carbocycles. The summed E-state index contributed by atoms with van der Waals surface area (Å²) < 4.78 is 0. The number of nitrogens with one attached hydrogen (secondary N) is 2. The fourth-order valence-electron chi connectivity index (χ4n) is 2.29. The highest BCUT2D eigenvalue weighted by molar-refractivity contribution is 6.45. The van der Waals surface area contributed by atoms with Gasteiger partial charge >= 0.3 is 0 Å². The van der Waals surface area contributed by atoms with Gasteiger partial charge in [0, 0.05) is 38.6 Å². The average Bonchev–Trinajstić information content (AvgIpc) is 2.92. The number of nitrogens with zero attached hydrogens (tertiary/aromatic N) is 2. The van der Waals surface area contributed by atoms with Gasteiger partial charge in [0.1, 0.15) is 5.52 Å². The Balaban J connectivity index is 1.92. The Morgan fingerprint density at radius 2 is 2.05 bits per heavy atom. The normalized spacial score (nSPS) is 15.6. The summed E-state index contributed by atoms with van der Waals surface area (Å²) in [5.74, 6) is -1.04. The van der Waals surface area contributed by atoms with Gasteiger partial charge < -0.3 is 15.2 Å². The first-order valence-corrected chi connectivity index (χ1v) is 6.72. The molecule has 6 nitrogen and oxygen atoms in total. The molecule has 0 spiro atoms. The number of hydrogen-bond donors (Lipinski definition) is 2. The number of carbonyl (C=O) groups is 2. The van der Waals surface area contributed by atoms with Gasteiger partial charge in [-0.1, -0.05) is 11.6 Å². The Morgan fingerprint density at radius 1 is 1.30 bits per heavy atom. The summed E-state index contributed by atoms with van der Waals surface area (Å²) in [7, 11) is 0. The number of hydrogen-bond acceptors (Lipinski definition) is 4. The highest BCUT2D eigenvalue weighted by Gasteiger charge is 2.27. The molecule has 2 aromatic heterocycles. The lowest BCUT2D eigenvalue weighted by Gasteiger charge is -2.26. The van der Waals surface area contributed by atoms with E-state index in [0.717, 1.165) is 0 Å². The summed E-state index contributed by atoms with van der Waals surface area (Å²) in [5, 5.41) is 3.61. The average molecular weight is 293 g/mol. The number of rotatable bonds is 2. The van der Waals surface area contributed by atoms with Crippen molar-refractivity contribution >= 4 is 34.3 Å². The van der Waals surface area contributed by atoms with E-state index in [1.54, 1.807) is 11.0 Å². The smallest absolute Gasteiger partial charge is 0.295 e. The van der Waals surface area contributed by atoms with Crippen molar-refractivity contribution in [1.29, 1.82) is 0 Å². The molecule has 3 heterocycles. The molecule has 104 valence electrons. The maximum absolute atomic E-state index is 12.3. The standard InChI is InChI=1S/C13H13ClN4O2/c14-9-1-2-16-10-8(7-17-11(9)10)12(19)13(20)18-5-3-15-4-6-18/h1-2,7,15,17H,3-6H2. The Bertz CT molecular complexity index is 676. The number of fused-ring (bicyclic) bond motifs is 1. The Labute approximate surface area is 120 Å². The van der Waals surface area contributed by atoms with Crippen LogP contribution in [-0.4, -0.2) is 52.7 Å². The third kappa shape index (κ3) is 2.17. The van der Waals surface area contributed by atoms with Gasteiger partial charge in [0.15, 0.2) is 0 Å². The predicted octanol–water partition coefficient (Wildman–Crippen LogP) is 0.831.